The standard InChI is InChI=1S/C18H31N5OS.HI/c1-13(2)16(24)22-7-9-23(10-8-22)17(19-6)20-11-15-21-14(12-25-15)18(3,4)5;/h12-13H,7-11H2,1-6H3,(H,19,20);1H. The fourth-order valence-electron chi connectivity index (χ4n) is 2.73. The fourth-order valence-corrected chi connectivity index (χ4v) is 3.69. The summed E-state index contributed by atoms with van der Waals surface area (Å²) in [6.07, 6.45) is 0. The molecular formula is C18H32IN5OS. The SMILES string of the molecule is CN=C(NCc1nc(C(C)(C)C)cs1)N1CCN(C(=O)C(C)C)CC1.I. The predicted octanol–water partition coefficient (Wildman–Crippen LogP) is 2.93. The molecule has 1 saturated heterocycles. The lowest BCUT2D eigenvalue weighted by molar-refractivity contribution is -0.135. The Hall–Kier alpha value is -0.900. The molecule has 26 heavy (non-hydrogen) atoms. The Morgan fingerprint density at radius 2 is 1.85 bits per heavy atom. The zero-order valence-electron chi connectivity index (χ0n) is 16.7. The van der Waals surface area contributed by atoms with E-state index in [4.69, 9.17) is 4.98 Å². The normalized spacial score (nSPS) is 15.9. The molecule has 0 bridgehead atoms. The highest BCUT2D eigenvalue weighted by Gasteiger charge is 2.24. The summed E-state index contributed by atoms with van der Waals surface area (Å²) < 4.78 is 0. The topological polar surface area (TPSA) is 60.8 Å². The number of nitrogens with zero attached hydrogens (tertiary/aromatic N) is 4. The van der Waals surface area contributed by atoms with Crippen LogP contribution in [0.4, 0.5) is 0 Å². The Labute approximate surface area is 178 Å². The monoisotopic (exact) mass is 493 g/mol. The maximum absolute atomic E-state index is 12.1. The van der Waals surface area contributed by atoms with Crippen LogP contribution in [0.15, 0.2) is 10.4 Å². The number of rotatable bonds is 3. The van der Waals surface area contributed by atoms with Gasteiger partial charge in [-0.3, -0.25) is 9.79 Å². The molecule has 0 aromatic carbocycles. The van der Waals surface area contributed by atoms with E-state index < -0.39 is 0 Å². The molecule has 148 valence electrons. The summed E-state index contributed by atoms with van der Waals surface area (Å²) in [4.78, 5) is 25.4. The van der Waals surface area contributed by atoms with Crippen molar-refractivity contribution in [2.45, 2.75) is 46.6 Å². The lowest BCUT2D eigenvalue weighted by atomic mass is 9.93. The zero-order chi connectivity index (χ0) is 18.6. The number of halogens is 1. The van der Waals surface area contributed by atoms with Crippen LogP contribution >= 0.6 is 35.3 Å². The van der Waals surface area contributed by atoms with Crippen LogP contribution in [-0.2, 0) is 16.8 Å². The summed E-state index contributed by atoms with van der Waals surface area (Å²) in [7, 11) is 1.80. The van der Waals surface area contributed by atoms with Crippen molar-refractivity contribution in [1.82, 2.24) is 20.1 Å². The number of hydrogen-bond acceptors (Lipinski definition) is 4. The number of thiazole rings is 1. The number of nitrogens with one attached hydrogen (secondary N) is 1. The van der Waals surface area contributed by atoms with Crippen LogP contribution in [0.2, 0.25) is 0 Å². The highest BCUT2D eigenvalue weighted by Crippen LogP contribution is 2.23. The molecule has 1 fully saturated rings. The van der Waals surface area contributed by atoms with E-state index in [9.17, 15) is 4.79 Å². The average Bonchev–Trinajstić information content (AvgIpc) is 3.04. The molecule has 0 aliphatic carbocycles. The minimum Gasteiger partial charge on any atom is -0.350 e. The Morgan fingerprint density at radius 1 is 1.27 bits per heavy atom. The first-order valence-electron chi connectivity index (χ1n) is 8.91. The largest absolute Gasteiger partial charge is 0.350 e. The molecule has 0 atom stereocenters. The minimum atomic E-state index is 0. The second kappa shape index (κ2) is 9.87. The second-order valence-corrected chi connectivity index (χ2v) is 8.69. The van der Waals surface area contributed by atoms with E-state index in [0.717, 1.165) is 42.8 Å². The number of guanidine groups is 1. The quantitative estimate of drug-likeness (QED) is 0.400. The third-order valence-electron chi connectivity index (χ3n) is 4.31. The van der Waals surface area contributed by atoms with Crippen molar-refractivity contribution in [2.24, 2.45) is 10.9 Å². The number of aliphatic imine (C=N–C) groups is 1. The molecule has 1 amide bonds. The third kappa shape index (κ3) is 6.07. The van der Waals surface area contributed by atoms with E-state index in [1.54, 1.807) is 18.4 Å². The molecule has 1 aromatic rings. The molecule has 2 heterocycles. The van der Waals surface area contributed by atoms with Crippen LogP contribution in [0, 0.1) is 5.92 Å². The zero-order valence-corrected chi connectivity index (χ0v) is 19.9. The summed E-state index contributed by atoms with van der Waals surface area (Å²) >= 11 is 1.68. The number of piperazine rings is 1. The molecule has 6 nitrogen and oxygen atoms in total. The van der Waals surface area contributed by atoms with E-state index in [1.807, 2.05) is 18.7 Å². The maximum Gasteiger partial charge on any atom is 0.225 e. The third-order valence-corrected chi connectivity index (χ3v) is 5.16. The van der Waals surface area contributed by atoms with Crippen LogP contribution in [0.3, 0.4) is 0 Å². The molecule has 2 rings (SSSR count). The summed E-state index contributed by atoms with van der Waals surface area (Å²) in [6, 6.07) is 0. The average molecular weight is 493 g/mol. The summed E-state index contributed by atoms with van der Waals surface area (Å²) in [5, 5.41) is 6.61. The van der Waals surface area contributed by atoms with Crippen molar-refractivity contribution in [2.75, 3.05) is 33.2 Å². The minimum absolute atomic E-state index is 0. The summed E-state index contributed by atoms with van der Waals surface area (Å²) in [6.45, 7) is 14.2. The van der Waals surface area contributed by atoms with Gasteiger partial charge in [0.2, 0.25) is 5.91 Å². The predicted molar refractivity (Wildman–Crippen MR) is 119 cm³/mol. The van der Waals surface area contributed by atoms with Crippen molar-refractivity contribution in [1.29, 1.82) is 0 Å². The highest BCUT2D eigenvalue weighted by atomic mass is 127. The van der Waals surface area contributed by atoms with Crippen molar-refractivity contribution < 1.29 is 4.79 Å². The van der Waals surface area contributed by atoms with Crippen LogP contribution < -0.4 is 5.32 Å². The first kappa shape index (κ1) is 23.1. The molecule has 0 spiro atoms. The van der Waals surface area contributed by atoms with Crippen molar-refractivity contribution in [3.8, 4) is 0 Å². The first-order chi connectivity index (χ1) is 11.7. The van der Waals surface area contributed by atoms with Crippen molar-refractivity contribution in [3.05, 3.63) is 16.1 Å². The van der Waals surface area contributed by atoms with Gasteiger partial charge in [0, 0.05) is 49.9 Å². The molecule has 1 aliphatic rings. The fraction of sp³-hybridized carbons (Fsp3) is 0.722. The Bertz CT molecular complexity index is 615. The van der Waals surface area contributed by atoms with Crippen molar-refractivity contribution >= 4 is 47.2 Å². The van der Waals surface area contributed by atoms with E-state index in [-0.39, 0.29) is 41.2 Å². The molecule has 1 N–H and O–H groups in total. The van der Waals surface area contributed by atoms with Crippen LogP contribution in [0.5, 0.6) is 0 Å². The van der Waals surface area contributed by atoms with Crippen LogP contribution in [-0.4, -0.2) is 59.9 Å². The Kier molecular flexibility index (Phi) is 8.78. The lowest BCUT2D eigenvalue weighted by Gasteiger charge is -2.37. The first-order valence-corrected chi connectivity index (χ1v) is 9.79. The molecular weight excluding hydrogens is 461 g/mol. The summed E-state index contributed by atoms with van der Waals surface area (Å²) in [5.74, 6) is 1.18. The van der Waals surface area contributed by atoms with E-state index in [1.165, 1.54) is 0 Å². The van der Waals surface area contributed by atoms with Crippen LogP contribution in [0.25, 0.3) is 0 Å². The molecule has 1 aromatic heterocycles. The molecule has 0 radical (unpaired) electrons. The van der Waals surface area contributed by atoms with Gasteiger partial charge in [-0.05, 0) is 0 Å². The van der Waals surface area contributed by atoms with Gasteiger partial charge in [-0.1, -0.05) is 34.6 Å². The van der Waals surface area contributed by atoms with Gasteiger partial charge in [0.1, 0.15) is 5.01 Å². The van der Waals surface area contributed by atoms with E-state index >= 15 is 0 Å². The van der Waals surface area contributed by atoms with Gasteiger partial charge >= 0.3 is 0 Å². The number of amides is 1. The number of carbonyl (C=O) groups is 1. The van der Waals surface area contributed by atoms with Gasteiger partial charge in [0.25, 0.3) is 0 Å². The molecule has 8 heteroatoms. The van der Waals surface area contributed by atoms with Gasteiger partial charge in [-0.25, -0.2) is 4.98 Å². The maximum atomic E-state index is 12.1. The molecule has 1 aliphatic heterocycles. The van der Waals surface area contributed by atoms with Gasteiger partial charge in [0.15, 0.2) is 5.96 Å². The van der Waals surface area contributed by atoms with E-state index in [0.29, 0.717) is 6.54 Å². The van der Waals surface area contributed by atoms with Gasteiger partial charge in [0.05, 0.1) is 12.2 Å². The smallest absolute Gasteiger partial charge is 0.225 e. The van der Waals surface area contributed by atoms with E-state index in [2.05, 4.69) is 41.4 Å². The highest BCUT2D eigenvalue weighted by molar-refractivity contribution is 14.0. The van der Waals surface area contributed by atoms with Crippen molar-refractivity contribution in [3.63, 3.8) is 0 Å². The molecule has 0 unspecified atom stereocenters. The van der Waals surface area contributed by atoms with Crippen LogP contribution in [0.1, 0.15) is 45.3 Å². The van der Waals surface area contributed by atoms with Gasteiger partial charge in [-0.15, -0.1) is 35.3 Å². The number of hydrogen-bond donors (Lipinski definition) is 1. The number of carbonyl (C=O) groups excluding carboxylic acids is 1. The lowest BCUT2D eigenvalue weighted by Crippen LogP contribution is -2.54. The molecule has 0 saturated carbocycles. The van der Waals surface area contributed by atoms with Gasteiger partial charge < -0.3 is 15.1 Å². The summed E-state index contributed by atoms with van der Waals surface area (Å²) in [5.41, 5.74) is 1.21. The van der Waals surface area contributed by atoms with Gasteiger partial charge in [-0.2, -0.15) is 0 Å². The Balaban J connectivity index is 0.00000338. The second-order valence-electron chi connectivity index (χ2n) is 7.74. The number of aromatic nitrogens is 1. The Morgan fingerprint density at radius 3 is 2.31 bits per heavy atom.